The minimum atomic E-state index is -0.113. The van der Waals surface area contributed by atoms with Crippen molar-refractivity contribution in [3.05, 3.63) is 94.3 Å². The summed E-state index contributed by atoms with van der Waals surface area (Å²) in [4.78, 5) is 29.1. The molecule has 5 nitrogen and oxygen atoms in total. The van der Waals surface area contributed by atoms with Gasteiger partial charge in [-0.05, 0) is 41.6 Å². The van der Waals surface area contributed by atoms with Crippen molar-refractivity contribution in [1.29, 1.82) is 0 Å². The van der Waals surface area contributed by atoms with Gasteiger partial charge in [0.2, 0.25) is 5.91 Å². The number of aromatic nitrogens is 1. The zero-order chi connectivity index (χ0) is 21.5. The molecule has 2 amide bonds. The van der Waals surface area contributed by atoms with E-state index in [4.69, 9.17) is 0 Å². The molecule has 0 spiro atoms. The minimum Gasteiger partial charge on any atom is -0.361 e. The summed E-state index contributed by atoms with van der Waals surface area (Å²) in [6.07, 6.45) is 3.02. The number of carbonyl (C=O) groups is 2. The van der Waals surface area contributed by atoms with E-state index in [1.807, 2.05) is 42.6 Å². The molecule has 0 aliphatic heterocycles. The van der Waals surface area contributed by atoms with Crippen molar-refractivity contribution >= 4 is 34.1 Å². The van der Waals surface area contributed by atoms with Crippen molar-refractivity contribution in [2.75, 3.05) is 13.1 Å². The number of rotatable bonds is 9. The summed E-state index contributed by atoms with van der Waals surface area (Å²) in [6.45, 7) is 1.01. The van der Waals surface area contributed by atoms with Gasteiger partial charge >= 0.3 is 0 Å². The molecule has 0 aliphatic carbocycles. The highest BCUT2D eigenvalue weighted by atomic mass is 32.1. The highest BCUT2D eigenvalue weighted by Gasteiger charge is 2.19. The molecule has 2 heterocycles. The van der Waals surface area contributed by atoms with Crippen LogP contribution in [-0.2, 0) is 4.79 Å². The molecule has 6 heteroatoms. The van der Waals surface area contributed by atoms with E-state index in [1.54, 1.807) is 23.5 Å². The Hall–Kier alpha value is -3.38. The smallest absolute Gasteiger partial charge is 0.251 e. The van der Waals surface area contributed by atoms with Crippen LogP contribution in [0.1, 0.15) is 39.6 Å². The number of thiophene rings is 1. The largest absolute Gasteiger partial charge is 0.361 e. The molecule has 4 aromatic rings. The molecule has 1 unspecified atom stereocenters. The first-order valence-corrected chi connectivity index (χ1v) is 11.3. The van der Waals surface area contributed by atoms with Crippen LogP contribution in [-0.4, -0.2) is 29.9 Å². The van der Waals surface area contributed by atoms with Gasteiger partial charge in [0.25, 0.3) is 5.91 Å². The zero-order valence-corrected chi connectivity index (χ0v) is 18.0. The Balaban J connectivity index is 1.31. The third-order valence-electron chi connectivity index (χ3n) is 5.29. The topological polar surface area (TPSA) is 74.0 Å². The molecule has 0 saturated carbocycles. The Bertz CT molecular complexity index is 1140. The highest BCUT2D eigenvalue weighted by molar-refractivity contribution is 7.10. The fraction of sp³-hybridized carbons (Fsp3) is 0.200. The Morgan fingerprint density at radius 1 is 0.935 bits per heavy atom. The summed E-state index contributed by atoms with van der Waals surface area (Å²) in [5, 5.41) is 9.19. The number of para-hydroxylation sites is 1. The summed E-state index contributed by atoms with van der Waals surface area (Å²) in [5.41, 5.74) is 2.91. The average molecular weight is 432 g/mol. The van der Waals surface area contributed by atoms with Crippen molar-refractivity contribution in [3.8, 4) is 0 Å². The number of amides is 2. The fourth-order valence-corrected chi connectivity index (χ4v) is 4.53. The standard InChI is InChI=1S/C25H25N3O2S/c29-24(13-6-14-26-25(30)18-8-2-1-3-9-18)28-17-21(23-12-7-15-31-23)20-16-27-22-11-5-4-10-19(20)22/h1-5,7-12,15-16,21,27H,6,13-14,17H2,(H,26,30)(H,28,29). The molecule has 31 heavy (non-hydrogen) atoms. The number of fused-ring (bicyclic) bond motifs is 1. The number of hydrogen-bond donors (Lipinski definition) is 3. The maximum absolute atomic E-state index is 12.4. The molecule has 0 aliphatic rings. The second-order valence-corrected chi connectivity index (χ2v) is 8.37. The predicted molar refractivity (Wildman–Crippen MR) is 125 cm³/mol. The van der Waals surface area contributed by atoms with Crippen molar-refractivity contribution in [3.63, 3.8) is 0 Å². The molecular weight excluding hydrogens is 406 g/mol. The van der Waals surface area contributed by atoms with Crippen molar-refractivity contribution in [1.82, 2.24) is 15.6 Å². The molecule has 0 fully saturated rings. The third-order valence-corrected chi connectivity index (χ3v) is 6.27. The van der Waals surface area contributed by atoms with Gasteiger partial charge in [-0.3, -0.25) is 9.59 Å². The molecule has 3 N–H and O–H groups in total. The van der Waals surface area contributed by atoms with Gasteiger partial charge in [0.1, 0.15) is 0 Å². The van der Waals surface area contributed by atoms with E-state index in [0.717, 1.165) is 5.52 Å². The van der Waals surface area contributed by atoms with Gasteiger partial charge in [0.15, 0.2) is 0 Å². The van der Waals surface area contributed by atoms with E-state index in [1.165, 1.54) is 15.8 Å². The monoisotopic (exact) mass is 431 g/mol. The lowest BCUT2D eigenvalue weighted by molar-refractivity contribution is -0.121. The maximum atomic E-state index is 12.4. The fourth-order valence-electron chi connectivity index (χ4n) is 3.68. The van der Waals surface area contributed by atoms with Gasteiger partial charge in [0, 0.05) is 53.0 Å². The lowest BCUT2D eigenvalue weighted by Crippen LogP contribution is -2.30. The van der Waals surface area contributed by atoms with E-state index < -0.39 is 0 Å². The van der Waals surface area contributed by atoms with Gasteiger partial charge in [-0.1, -0.05) is 42.5 Å². The van der Waals surface area contributed by atoms with Crippen molar-refractivity contribution < 1.29 is 9.59 Å². The molecule has 0 bridgehead atoms. The summed E-state index contributed by atoms with van der Waals surface area (Å²) >= 11 is 1.70. The van der Waals surface area contributed by atoms with Crippen LogP contribution in [0, 0.1) is 0 Å². The van der Waals surface area contributed by atoms with Gasteiger partial charge in [0.05, 0.1) is 0 Å². The zero-order valence-electron chi connectivity index (χ0n) is 17.1. The maximum Gasteiger partial charge on any atom is 0.251 e. The normalized spacial score (nSPS) is 11.9. The number of carbonyl (C=O) groups excluding carboxylic acids is 2. The van der Waals surface area contributed by atoms with Gasteiger partial charge in [-0.15, -0.1) is 11.3 Å². The van der Waals surface area contributed by atoms with Crippen LogP contribution in [0.2, 0.25) is 0 Å². The number of H-pyrrole nitrogens is 1. The van der Waals surface area contributed by atoms with E-state index in [2.05, 4.69) is 39.2 Å². The van der Waals surface area contributed by atoms with Crippen LogP contribution < -0.4 is 10.6 Å². The second-order valence-electron chi connectivity index (χ2n) is 7.39. The Morgan fingerprint density at radius 2 is 1.74 bits per heavy atom. The summed E-state index contributed by atoms with van der Waals surface area (Å²) < 4.78 is 0. The van der Waals surface area contributed by atoms with Gasteiger partial charge < -0.3 is 15.6 Å². The molecule has 0 saturated heterocycles. The quantitative estimate of drug-likeness (QED) is 0.337. The lowest BCUT2D eigenvalue weighted by Gasteiger charge is -2.16. The first-order chi connectivity index (χ1) is 15.2. The Morgan fingerprint density at radius 3 is 2.55 bits per heavy atom. The van der Waals surface area contributed by atoms with Crippen LogP contribution in [0.15, 0.2) is 78.3 Å². The van der Waals surface area contributed by atoms with Crippen LogP contribution in [0.5, 0.6) is 0 Å². The number of benzene rings is 2. The van der Waals surface area contributed by atoms with E-state index in [9.17, 15) is 9.59 Å². The molecule has 4 rings (SSSR count). The van der Waals surface area contributed by atoms with Crippen LogP contribution >= 0.6 is 11.3 Å². The Kier molecular flexibility index (Phi) is 6.79. The van der Waals surface area contributed by atoms with E-state index in [0.29, 0.717) is 31.5 Å². The van der Waals surface area contributed by atoms with Gasteiger partial charge in [-0.25, -0.2) is 0 Å². The first-order valence-electron chi connectivity index (χ1n) is 10.4. The average Bonchev–Trinajstić information content (AvgIpc) is 3.48. The number of aromatic amines is 1. The van der Waals surface area contributed by atoms with Crippen LogP contribution in [0.25, 0.3) is 10.9 Å². The van der Waals surface area contributed by atoms with Crippen LogP contribution in [0.3, 0.4) is 0 Å². The van der Waals surface area contributed by atoms with Crippen LogP contribution in [0.4, 0.5) is 0 Å². The van der Waals surface area contributed by atoms with E-state index >= 15 is 0 Å². The van der Waals surface area contributed by atoms with Crippen molar-refractivity contribution in [2.24, 2.45) is 0 Å². The third kappa shape index (κ3) is 5.22. The summed E-state index contributed by atoms with van der Waals surface area (Å²) in [7, 11) is 0. The molecule has 0 radical (unpaired) electrons. The SMILES string of the molecule is O=C(CCCNC(=O)c1ccccc1)NCC(c1cccs1)c1c[nH]c2ccccc12. The molecular formula is C25H25N3O2S. The number of hydrogen-bond acceptors (Lipinski definition) is 3. The van der Waals surface area contributed by atoms with Gasteiger partial charge in [-0.2, -0.15) is 0 Å². The van der Waals surface area contributed by atoms with Crippen molar-refractivity contribution in [2.45, 2.75) is 18.8 Å². The highest BCUT2D eigenvalue weighted by Crippen LogP contribution is 2.32. The molecule has 2 aromatic carbocycles. The number of nitrogens with one attached hydrogen (secondary N) is 3. The minimum absolute atomic E-state index is 0.00430. The first kappa shape index (κ1) is 20.9. The van der Waals surface area contributed by atoms with E-state index in [-0.39, 0.29) is 17.7 Å². The molecule has 1 atom stereocenters. The predicted octanol–water partition coefficient (Wildman–Crippen LogP) is 4.69. The lowest BCUT2D eigenvalue weighted by atomic mass is 9.96. The summed E-state index contributed by atoms with van der Waals surface area (Å²) in [5.74, 6) is -0.0219. The molecule has 158 valence electrons. The molecule has 2 aromatic heterocycles. The second kappa shape index (κ2) is 10.1. The Labute approximate surface area is 185 Å². The summed E-state index contributed by atoms with van der Waals surface area (Å²) in [6, 6.07) is 21.5.